The molecule has 0 aliphatic carbocycles. The third kappa shape index (κ3) is 2.26. The molecule has 2 aromatic heterocycles. The highest BCUT2D eigenvalue weighted by molar-refractivity contribution is 5.49. The number of anilines is 1. The van der Waals surface area contributed by atoms with Crippen LogP contribution in [0, 0.1) is 27.7 Å². The highest BCUT2D eigenvalue weighted by Gasteiger charge is 2.30. The minimum absolute atomic E-state index is 0.297. The summed E-state index contributed by atoms with van der Waals surface area (Å²) in [6.07, 6.45) is 1.02. The van der Waals surface area contributed by atoms with E-state index in [2.05, 4.69) is 31.9 Å². The zero-order valence-electron chi connectivity index (χ0n) is 12.3. The van der Waals surface area contributed by atoms with Gasteiger partial charge >= 0.3 is 0 Å². The lowest BCUT2D eigenvalue weighted by molar-refractivity contribution is 0.356. The largest absolute Gasteiger partial charge is 0.355 e. The van der Waals surface area contributed by atoms with Crippen LogP contribution in [0.1, 0.15) is 41.1 Å². The minimum Gasteiger partial charge on any atom is -0.355 e. The molecule has 0 spiro atoms. The summed E-state index contributed by atoms with van der Waals surface area (Å²) in [5, 5.41) is 3.87. The highest BCUT2D eigenvalue weighted by Crippen LogP contribution is 2.31. The smallest absolute Gasteiger partial charge is 0.231 e. The van der Waals surface area contributed by atoms with Crippen LogP contribution in [0.25, 0.3) is 0 Å². The molecule has 6 nitrogen and oxygen atoms in total. The first-order valence-electron chi connectivity index (χ1n) is 6.91. The van der Waals surface area contributed by atoms with Crippen molar-refractivity contribution in [1.82, 2.24) is 20.1 Å². The van der Waals surface area contributed by atoms with Crippen LogP contribution >= 0.6 is 0 Å². The Morgan fingerprint density at radius 3 is 2.55 bits per heavy atom. The third-order valence-corrected chi connectivity index (χ3v) is 3.86. The van der Waals surface area contributed by atoms with Crippen molar-refractivity contribution in [3.05, 3.63) is 28.8 Å². The molecule has 0 saturated carbocycles. The Morgan fingerprint density at radius 2 is 1.85 bits per heavy atom. The van der Waals surface area contributed by atoms with Crippen molar-refractivity contribution in [2.24, 2.45) is 0 Å². The van der Waals surface area contributed by atoms with Gasteiger partial charge in [-0.3, -0.25) is 0 Å². The molecular formula is C14H19N5O. The number of aromatic nitrogens is 4. The molecule has 1 aliphatic heterocycles. The van der Waals surface area contributed by atoms with Gasteiger partial charge in [-0.1, -0.05) is 5.16 Å². The first kappa shape index (κ1) is 13.0. The van der Waals surface area contributed by atoms with E-state index in [1.807, 2.05) is 20.8 Å². The van der Waals surface area contributed by atoms with Gasteiger partial charge in [-0.2, -0.15) is 4.98 Å². The number of aryl methyl sites for hydroxylation is 3. The monoisotopic (exact) mass is 273 g/mol. The van der Waals surface area contributed by atoms with Crippen LogP contribution in [0.5, 0.6) is 0 Å². The van der Waals surface area contributed by atoms with Crippen LogP contribution in [-0.2, 0) is 0 Å². The van der Waals surface area contributed by atoms with Crippen molar-refractivity contribution in [2.75, 3.05) is 18.0 Å². The maximum absolute atomic E-state index is 5.29. The van der Waals surface area contributed by atoms with Crippen molar-refractivity contribution >= 4 is 5.82 Å². The molecule has 3 rings (SSSR count). The predicted molar refractivity (Wildman–Crippen MR) is 74.8 cm³/mol. The molecule has 0 bridgehead atoms. The van der Waals surface area contributed by atoms with E-state index < -0.39 is 0 Å². The summed E-state index contributed by atoms with van der Waals surface area (Å²) in [4.78, 5) is 15.6. The van der Waals surface area contributed by atoms with E-state index >= 15 is 0 Å². The first-order chi connectivity index (χ1) is 9.54. The highest BCUT2D eigenvalue weighted by atomic mass is 16.5. The van der Waals surface area contributed by atoms with Crippen molar-refractivity contribution in [2.45, 2.75) is 40.0 Å². The summed E-state index contributed by atoms with van der Waals surface area (Å²) in [5.41, 5.74) is 2.20. The van der Waals surface area contributed by atoms with Crippen molar-refractivity contribution in [3.8, 4) is 0 Å². The molecular weight excluding hydrogens is 254 g/mol. The number of hydrogen-bond donors (Lipinski definition) is 0. The van der Waals surface area contributed by atoms with Gasteiger partial charge < -0.3 is 9.42 Å². The molecule has 1 saturated heterocycles. The van der Waals surface area contributed by atoms with Crippen LogP contribution in [-0.4, -0.2) is 33.2 Å². The molecule has 1 fully saturated rings. The van der Waals surface area contributed by atoms with E-state index in [-0.39, 0.29) is 0 Å². The summed E-state index contributed by atoms with van der Waals surface area (Å²) < 4.78 is 5.29. The second kappa shape index (κ2) is 4.85. The Bertz CT molecular complexity index is 636. The Labute approximate surface area is 118 Å². The van der Waals surface area contributed by atoms with E-state index in [4.69, 9.17) is 4.52 Å². The zero-order chi connectivity index (χ0) is 14.3. The Kier molecular flexibility index (Phi) is 3.16. The quantitative estimate of drug-likeness (QED) is 0.834. The Balaban J connectivity index is 1.84. The standard InChI is InChI=1S/C14H19N5O/c1-8-9(2)15-10(3)16-13(8)19-6-5-12(7-19)14-17-11(4)18-20-14/h12H,5-7H2,1-4H3. The fraction of sp³-hybridized carbons (Fsp3) is 0.571. The topological polar surface area (TPSA) is 67.9 Å². The van der Waals surface area contributed by atoms with E-state index in [0.717, 1.165) is 48.3 Å². The van der Waals surface area contributed by atoms with Crippen LogP contribution in [0.15, 0.2) is 4.52 Å². The number of hydrogen-bond acceptors (Lipinski definition) is 6. The molecule has 1 unspecified atom stereocenters. The lowest BCUT2D eigenvalue weighted by Gasteiger charge is -2.20. The molecule has 1 atom stereocenters. The van der Waals surface area contributed by atoms with Crippen molar-refractivity contribution in [3.63, 3.8) is 0 Å². The lowest BCUT2D eigenvalue weighted by atomic mass is 10.1. The summed E-state index contributed by atoms with van der Waals surface area (Å²) in [5.74, 6) is 3.59. The molecule has 106 valence electrons. The van der Waals surface area contributed by atoms with Gasteiger partial charge in [-0.15, -0.1) is 0 Å². The summed E-state index contributed by atoms with van der Waals surface area (Å²) in [6.45, 7) is 9.73. The van der Waals surface area contributed by atoms with Gasteiger partial charge in [-0.05, 0) is 34.1 Å². The second-order valence-corrected chi connectivity index (χ2v) is 5.42. The van der Waals surface area contributed by atoms with E-state index in [1.54, 1.807) is 0 Å². The van der Waals surface area contributed by atoms with Gasteiger partial charge in [0.25, 0.3) is 0 Å². The summed E-state index contributed by atoms with van der Waals surface area (Å²) in [6, 6.07) is 0. The van der Waals surface area contributed by atoms with Crippen molar-refractivity contribution in [1.29, 1.82) is 0 Å². The Hall–Kier alpha value is -1.98. The third-order valence-electron chi connectivity index (χ3n) is 3.86. The SMILES string of the molecule is Cc1noc(C2CCN(c3nc(C)nc(C)c3C)C2)n1. The predicted octanol–water partition coefficient (Wildman–Crippen LogP) is 2.09. The fourth-order valence-electron chi connectivity index (χ4n) is 2.69. The lowest BCUT2D eigenvalue weighted by Crippen LogP contribution is -2.22. The molecule has 1 aliphatic rings. The van der Waals surface area contributed by atoms with Gasteiger partial charge in [0.15, 0.2) is 5.82 Å². The molecule has 6 heteroatoms. The zero-order valence-corrected chi connectivity index (χ0v) is 12.3. The molecule has 2 aromatic rings. The Morgan fingerprint density at radius 1 is 1.05 bits per heavy atom. The molecule has 0 aromatic carbocycles. The van der Waals surface area contributed by atoms with Gasteiger partial charge in [0, 0.05) is 24.3 Å². The number of rotatable bonds is 2. The minimum atomic E-state index is 0.297. The van der Waals surface area contributed by atoms with E-state index in [0.29, 0.717) is 11.7 Å². The summed E-state index contributed by atoms with van der Waals surface area (Å²) in [7, 11) is 0. The average Bonchev–Trinajstić information content (AvgIpc) is 3.02. The van der Waals surface area contributed by atoms with Gasteiger partial charge in [0.1, 0.15) is 11.6 Å². The molecule has 20 heavy (non-hydrogen) atoms. The van der Waals surface area contributed by atoms with Crippen LogP contribution in [0.2, 0.25) is 0 Å². The van der Waals surface area contributed by atoms with Crippen LogP contribution < -0.4 is 4.90 Å². The van der Waals surface area contributed by atoms with E-state index in [9.17, 15) is 0 Å². The molecule has 3 heterocycles. The molecule has 0 radical (unpaired) electrons. The van der Waals surface area contributed by atoms with Crippen molar-refractivity contribution < 1.29 is 4.52 Å². The van der Waals surface area contributed by atoms with Gasteiger partial charge in [0.05, 0.1) is 5.92 Å². The fourth-order valence-corrected chi connectivity index (χ4v) is 2.69. The van der Waals surface area contributed by atoms with E-state index in [1.165, 1.54) is 0 Å². The first-order valence-corrected chi connectivity index (χ1v) is 6.91. The number of nitrogens with zero attached hydrogens (tertiary/aromatic N) is 5. The maximum atomic E-state index is 5.29. The van der Waals surface area contributed by atoms with Gasteiger partial charge in [-0.25, -0.2) is 9.97 Å². The summed E-state index contributed by atoms with van der Waals surface area (Å²) >= 11 is 0. The van der Waals surface area contributed by atoms with Crippen LogP contribution in [0.3, 0.4) is 0 Å². The maximum Gasteiger partial charge on any atom is 0.231 e. The van der Waals surface area contributed by atoms with Gasteiger partial charge in [0.2, 0.25) is 5.89 Å². The molecule has 0 N–H and O–H groups in total. The normalized spacial score (nSPS) is 18.8. The molecule has 0 amide bonds. The average molecular weight is 273 g/mol. The van der Waals surface area contributed by atoms with Crippen LogP contribution in [0.4, 0.5) is 5.82 Å². The second-order valence-electron chi connectivity index (χ2n) is 5.42.